The monoisotopic (exact) mass is 542 g/mol. The number of rotatable bonds is 7. The Bertz CT molecular complexity index is 1740. The number of anilines is 1. The number of pyridine rings is 1. The van der Waals surface area contributed by atoms with Gasteiger partial charge in [-0.15, -0.1) is 0 Å². The summed E-state index contributed by atoms with van der Waals surface area (Å²) < 4.78 is 52.5. The molecule has 4 aromatic rings. The highest BCUT2D eigenvalue weighted by Crippen LogP contribution is 2.32. The van der Waals surface area contributed by atoms with E-state index in [9.17, 15) is 26.7 Å². The Kier molecular flexibility index (Phi) is 5.77. The lowest BCUT2D eigenvalue weighted by atomic mass is 9.92. The molecule has 12 nitrogen and oxygen atoms in total. The number of carbonyl (C=O) groups is 1. The van der Waals surface area contributed by atoms with Crippen LogP contribution < -0.4 is 5.32 Å². The summed E-state index contributed by atoms with van der Waals surface area (Å²) in [6, 6.07) is 11.2. The first kappa shape index (κ1) is 24.8. The highest BCUT2D eigenvalue weighted by atomic mass is 32.2. The van der Waals surface area contributed by atoms with Gasteiger partial charge in [-0.2, -0.15) is 4.31 Å². The van der Waals surface area contributed by atoms with Gasteiger partial charge >= 0.3 is 5.97 Å². The predicted octanol–water partition coefficient (Wildman–Crippen LogP) is 1.55. The minimum atomic E-state index is -3.99. The zero-order valence-electron chi connectivity index (χ0n) is 19.7. The van der Waals surface area contributed by atoms with Crippen LogP contribution in [-0.2, 0) is 24.8 Å². The zero-order valence-corrected chi connectivity index (χ0v) is 21.4. The molecular formula is C23H22N6O6S2. The zero-order chi connectivity index (χ0) is 26.6. The van der Waals surface area contributed by atoms with E-state index in [0.29, 0.717) is 10.9 Å². The Morgan fingerprint density at radius 1 is 1.03 bits per heavy atom. The largest absolute Gasteiger partial charge is 0.479 e. The summed E-state index contributed by atoms with van der Waals surface area (Å²) in [6.07, 6.45) is 5.28. The number of aliphatic carboxylic acids is 1. The number of carboxylic acid groups (broad SMARTS) is 1. The Hall–Kier alpha value is -3.88. The normalized spacial score (nSPS) is 15.8. The first-order valence-corrected chi connectivity index (χ1v) is 14.3. The van der Waals surface area contributed by atoms with Crippen molar-refractivity contribution < 1.29 is 26.7 Å². The Morgan fingerprint density at radius 3 is 2.38 bits per heavy atom. The van der Waals surface area contributed by atoms with Crippen LogP contribution in [0.5, 0.6) is 0 Å². The maximum atomic E-state index is 13.4. The lowest BCUT2D eigenvalue weighted by molar-refractivity contribution is -0.146. The van der Waals surface area contributed by atoms with Crippen LogP contribution in [0.15, 0.2) is 66.0 Å². The van der Waals surface area contributed by atoms with Gasteiger partial charge in [-0.05, 0) is 37.3 Å². The third-order valence-corrected chi connectivity index (χ3v) is 9.00. The van der Waals surface area contributed by atoms with Gasteiger partial charge in [-0.1, -0.05) is 17.7 Å². The number of hydrogen-bond acceptors (Lipinski definition) is 9. The van der Waals surface area contributed by atoms with Crippen LogP contribution in [0.2, 0.25) is 0 Å². The molecule has 0 spiro atoms. The molecule has 0 atom stereocenters. The minimum Gasteiger partial charge on any atom is -0.479 e. The van der Waals surface area contributed by atoms with E-state index in [2.05, 4.69) is 20.3 Å². The molecule has 5 rings (SSSR count). The third kappa shape index (κ3) is 4.32. The van der Waals surface area contributed by atoms with E-state index in [1.165, 1.54) is 36.8 Å². The van der Waals surface area contributed by atoms with Crippen molar-refractivity contribution in [3.8, 4) is 11.4 Å². The van der Waals surface area contributed by atoms with Crippen LogP contribution in [0.1, 0.15) is 5.56 Å². The first-order chi connectivity index (χ1) is 17.4. The number of hydrogen-bond donors (Lipinski definition) is 2. The molecule has 1 saturated heterocycles. The second kappa shape index (κ2) is 8.61. The fourth-order valence-corrected chi connectivity index (χ4v) is 6.31. The van der Waals surface area contributed by atoms with Gasteiger partial charge < -0.3 is 10.4 Å². The van der Waals surface area contributed by atoms with Gasteiger partial charge in [-0.25, -0.2) is 40.6 Å². The van der Waals surface area contributed by atoms with E-state index in [1.807, 2.05) is 6.92 Å². The molecule has 1 aliphatic rings. The van der Waals surface area contributed by atoms with Crippen molar-refractivity contribution in [2.24, 2.45) is 0 Å². The van der Waals surface area contributed by atoms with Gasteiger partial charge in [0.25, 0.3) is 10.0 Å². The minimum absolute atomic E-state index is 0.0901. The quantitative estimate of drug-likeness (QED) is 0.350. The summed E-state index contributed by atoms with van der Waals surface area (Å²) in [6.45, 7) is 1.33. The molecule has 4 heterocycles. The molecule has 37 heavy (non-hydrogen) atoms. The number of sulfonamides is 1. The maximum absolute atomic E-state index is 13.4. The summed E-state index contributed by atoms with van der Waals surface area (Å²) in [7, 11) is -7.54. The fourth-order valence-electron chi connectivity index (χ4n) is 4.08. The SMILES string of the molecule is Cc1ccc(S(=O)(=O)n2cc(-c3nccc(NC4(C(=O)O)CN(S(C)(=O)=O)C4)n3)c3cccnc32)cc1. The van der Waals surface area contributed by atoms with Gasteiger partial charge in [0, 0.05) is 42.6 Å². The highest BCUT2D eigenvalue weighted by Gasteiger charge is 2.53. The summed E-state index contributed by atoms with van der Waals surface area (Å²) in [5.41, 5.74) is -0.0833. The van der Waals surface area contributed by atoms with Gasteiger partial charge in [0.05, 0.1) is 11.2 Å². The number of benzene rings is 1. The van der Waals surface area contributed by atoms with E-state index in [1.54, 1.807) is 24.3 Å². The molecule has 0 radical (unpaired) electrons. The number of aromatic nitrogens is 4. The fraction of sp³-hybridized carbons (Fsp3) is 0.217. The number of nitrogens with one attached hydrogen (secondary N) is 1. The molecule has 2 N–H and O–H groups in total. The summed E-state index contributed by atoms with van der Waals surface area (Å²) in [5, 5.41) is 13.1. The molecule has 3 aromatic heterocycles. The van der Waals surface area contributed by atoms with Crippen molar-refractivity contribution in [2.75, 3.05) is 24.7 Å². The molecule has 1 aromatic carbocycles. The van der Waals surface area contributed by atoms with Crippen molar-refractivity contribution >= 4 is 42.9 Å². The van der Waals surface area contributed by atoms with Crippen molar-refractivity contribution in [1.82, 2.24) is 23.2 Å². The average Bonchev–Trinajstić information content (AvgIpc) is 3.21. The Morgan fingerprint density at radius 2 is 1.73 bits per heavy atom. The second-order valence-electron chi connectivity index (χ2n) is 8.84. The molecule has 0 saturated carbocycles. The van der Waals surface area contributed by atoms with E-state index < -0.39 is 31.6 Å². The van der Waals surface area contributed by atoms with Gasteiger partial charge in [0.1, 0.15) is 5.82 Å². The van der Waals surface area contributed by atoms with Crippen LogP contribution in [0.3, 0.4) is 0 Å². The van der Waals surface area contributed by atoms with Gasteiger partial charge in [-0.3, -0.25) is 0 Å². The lowest BCUT2D eigenvalue weighted by Crippen LogP contribution is -2.71. The van der Waals surface area contributed by atoms with E-state index in [-0.39, 0.29) is 35.3 Å². The maximum Gasteiger partial charge on any atom is 0.332 e. The van der Waals surface area contributed by atoms with E-state index >= 15 is 0 Å². The molecule has 1 fully saturated rings. The number of nitrogens with zero attached hydrogens (tertiary/aromatic N) is 5. The third-order valence-electron chi connectivity index (χ3n) is 6.14. The van der Waals surface area contributed by atoms with Crippen molar-refractivity contribution in [3.05, 3.63) is 66.6 Å². The van der Waals surface area contributed by atoms with Crippen molar-refractivity contribution in [1.29, 1.82) is 0 Å². The van der Waals surface area contributed by atoms with Crippen LogP contribution in [0, 0.1) is 6.92 Å². The number of aryl methyl sites for hydroxylation is 1. The number of carboxylic acids is 1. The molecule has 192 valence electrons. The van der Waals surface area contributed by atoms with Gasteiger partial charge in [0.2, 0.25) is 10.0 Å². The summed E-state index contributed by atoms with van der Waals surface area (Å²) in [4.78, 5) is 25.0. The summed E-state index contributed by atoms with van der Waals surface area (Å²) >= 11 is 0. The van der Waals surface area contributed by atoms with Crippen LogP contribution in [0.25, 0.3) is 22.4 Å². The molecular weight excluding hydrogens is 520 g/mol. The average molecular weight is 543 g/mol. The van der Waals surface area contributed by atoms with Crippen LogP contribution in [0.4, 0.5) is 5.82 Å². The second-order valence-corrected chi connectivity index (χ2v) is 12.6. The molecule has 0 unspecified atom stereocenters. The van der Waals surface area contributed by atoms with Crippen molar-refractivity contribution in [3.63, 3.8) is 0 Å². The van der Waals surface area contributed by atoms with Crippen LogP contribution >= 0.6 is 0 Å². The smallest absolute Gasteiger partial charge is 0.332 e. The predicted molar refractivity (Wildman–Crippen MR) is 135 cm³/mol. The molecule has 1 aliphatic heterocycles. The van der Waals surface area contributed by atoms with E-state index in [4.69, 9.17) is 0 Å². The Labute approximate surface area is 212 Å². The standard InChI is InChI=1S/C23H22N6O6S2/c1-15-5-7-16(8-6-15)37(34,35)29-12-18(17-4-3-10-25-21(17)29)20-24-11-9-19(26-20)27-23(22(30)31)13-28(14-23)36(2,32)33/h3-12H,13-14H2,1-2H3,(H,30,31)(H,24,26,27). The topological polar surface area (TPSA) is 164 Å². The van der Waals surface area contributed by atoms with Gasteiger partial charge in [0.15, 0.2) is 17.0 Å². The molecule has 0 bridgehead atoms. The molecule has 0 amide bonds. The lowest BCUT2D eigenvalue weighted by Gasteiger charge is -2.45. The Balaban J connectivity index is 1.55. The number of fused-ring (bicyclic) bond motifs is 1. The van der Waals surface area contributed by atoms with Crippen molar-refractivity contribution in [2.45, 2.75) is 17.4 Å². The summed E-state index contributed by atoms with van der Waals surface area (Å²) in [5.74, 6) is -0.940. The van der Waals surface area contributed by atoms with Crippen LogP contribution in [-0.4, -0.2) is 76.0 Å². The first-order valence-electron chi connectivity index (χ1n) is 11.0. The molecule has 14 heteroatoms. The van der Waals surface area contributed by atoms with E-state index in [0.717, 1.165) is 20.1 Å². The molecule has 0 aliphatic carbocycles. The highest BCUT2D eigenvalue weighted by molar-refractivity contribution is 7.90.